The molecule has 1 heterocycles. The van der Waals surface area contributed by atoms with Crippen molar-refractivity contribution in [3.63, 3.8) is 0 Å². The quantitative estimate of drug-likeness (QED) is 0.820. The first kappa shape index (κ1) is 16.5. The zero-order valence-corrected chi connectivity index (χ0v) is 13.3. The summed E-state index contributed by atoms with van der Waals surface area (Å²) in [6, 6.07) is 7.59. The van der Waals surface area contributed by atoms with Crippen LogP contribution in [0.2, 0.25) is 0 Å². The van der Waals surface area contributed by atoms with E-state index in [4.69, 9.17) is 10.5 Å². The lowest BCUT2D eigenvalue weighted by Gasteiger charge is -2.04. The average molecular weight is 347 g/mol. The normalized spacial score (nSPS) is 11.3. The third kappa shape index (κ3) is 4.29. The third-order valence-corrected chi connectivity index (χ3v) is 4.67. The molecule has 0 fully saturated rings. The van der Waals surface area contributed by atoms with Crippen LogP contribution in [-0.2, 0) is 10.0 Å². The van der Waals surface area contributed by atoms with Crippen LogP contribution in [-0.4, -0.2) is 24.7 Å². The van der Waals surface area contributed by atoms with Gasteiger partial charge in [-0.15, -0.1) is 10.2 Å². The van der Waals surface area contributed by atoms with Crippen molar-refractivity contribution in [3.8, 4) is 12.1 Å². The minimum atomic E-state index is -3.78. The van der Waals surface area contributed by atoms with Crippen molar-refractivity contribution in [2.24, 2.45) is 10.2 Å². The lowest BCUT2D eigenvalue weighted by Crippen LogP contribution is -2.12. The highest BCUT2D eigenvalue weighted by Crippen LogP contribution is 2.21. The van der Waals surface area contributed by atoms with E-state index < -0.39 is 16.1 Å². The summed E-state index contributed by atoms with van der Waals surface area (Å²) < 4.78 is 26.7. The van der Waals surface area contributed by atoms with Crippen LogP contribution in [0.15, 0.2) is 39.4 Å². The molecule has 0 amide bonds. The number of anilines is 1. The Bertz CT molecular complexity index is 890. The Morgan fingerprint density at radius 1 is 1.22 bits per heavy atom. The number of sulfonamides is 1. The van der Waals surface area contributed by atoms with Gasteiger partial charge >= 0.3 is 0 Å². The van der Waals surface area contributed by atoms with Gasteiger partial charge in [0.15, 0.2) is 0 Å². The van der Waals surface area contributed by atoms with Gasteiger partial charge in [-0.05, 0) is 31.2 Å². The molecule has 0 saturated carbocycles. The lowest BCUT2D eigenvalue weighted by atomic mass is 10.3. The van der Waals surface area contributed by atoms with E-state index in [0.717, 1.165) is 11.3 Å². The summed E-state index contributed by atoms with van der Waals surface area (Å²) in [6.45, 7) is 1.71. The Morgan fingerprint density at radius 2 is 1.87 bits per heavy atom. The first-order chi connectivity index (χ1) is 10.9. The molecule has 0 spiro atoms. The molecule has 11 heteroatoms. The molecule has 0 atom stereocenters. The number of hydrogen-bond donors (Lipinski definition) is 1. The molecule has 0 bridgehead atoms. The molecule has 0 saturated heterocycles. The second-order valence-electron chi connectivity index (χ2n) is 4.10. The molecule has 23 heavy (non-hydrogen) atoms. The summed E-state index contributed by atoms with van der Waals surface area (Å²) in [5.41, 5.74) is 0.325. The van der Waals surface area contributed by atoms with Gasteiger partial charge in [-0.2, -0.15) is 20.8 Å². The van der Waals surface area contributed by atoms with Gasteiger partial charge in [0.05, 0.1) is 10.6 Å². The summed E-state index contributed by atoms with van der Waals surface area (Å²) in [5, 5.41) is 32.6. The van der Waals surface area contributed by atoms with Gasteiger partial charge in [-0.25, -0.2) is 8.42 Å². The monoisotopic (exact) mass is 347 g/mol. The summed E-state index contributed by atoms with van der Waals surface area (Å²) in [7, 11) is -3.78. The maximum absolute atomic E-state index is 12.2. The second kappa shape index (κ2) is 6.91. The van der Waals surface area contributed by atoms with E-state index >= 15 is 0 Å². The van der Waals surface area contributed by atoms with Crippen molar-refractivity contribution in [2.45, 2.75) is 17.9 Å². The van der Waals surface area contributed by atoms with E-state index in [0.29, 0.717) is 10.7 Å². The molecule has 0 unspecified atom stereocenters. The molecule has 0 aliphatic carbocycles. The number of benzene rings is 1. The number of hydrogen-bond acceptors (Lipinski definition) is 9. The number of nitriles is 2. The Hall–Kier alpha value is -2.89. The van der Waals surface area contributed by atoms with Crippen molar-refractivity contribution in [2.75, 3.05) is 4.72 Å². The van der Waals surface area contributed by atoms with Gasteiger partial charge in [0.2, 0.25) is 11.2 Å². The van der Waals surface area contributed by atoms with E-state index in [1.807, 2.05) is 0 Å². The largest absolute Gasteiger partial charge is 0.263 e. The Kier molecular flexibility index (Phi) is 4.95. The maximum atomic E-state index is 12.2. The van der Waals surface area contributed by atoms with Crippen LogP contribution >= 0.6 is 11.3 Å². The van der Waals surface area contributed by atoms with Crippen molar-refractivity contribution < 1.29 is 8.42 Å². The van der Waals surface area contributed by atoms with Crippen molar-refractivity contribution in [3.05, 3.63) is 29.3 Å². The van der Waals surface area contributed by atoms with Gasteiger partial charge in [0, 0.05) is 0 Å². The van der Waals surface area contributed by atoms with Crippen molar-refractivity contribution >= 4 is 32.2 Å². The molecular weight excluding hydrogens is 338 g/mol. The molecule has 9 nitrogen and oxygen atoms in total. The Balaban J connectivity index is 2.16. The number of nitrogens with zero attached hydrogens (tertiary/aromatic N) is 6. The highest BCUT2D eigenvalue weighted by atomic mass is 32.2. The molecule has 1 aromatic heterocycles. The molecule has 2 aromatic rings. The summed E-state index contributed by atoms with van der Waals surface area (Å²) in [5.74, 6) is 0. The SMILES string of the molecule is Cc1nnc(NS(=O)(=O)c2ccc(N=NC(C#N)C#N)cc2)s1. The Labute approximate surface area is 136 Å². The second-order valence-corrected chi connectivity index (χ2v) is 6.97. The zero-order valence-electron chi connectivity index (χ0n) is 11.7. The smallest absolute Gasteiger partial charge is 0.253 e. The fourth-order valence-electron chi connectivity index (χ4n) is 1.41. The molecule has 1 aromatic carbocycles. The summed E-state index contributed by atoms with van der Waals surface area (Å²) in [4.78, 5) is 0.0152. The first-order valence-corrected chi connectivity index (χ1v) is 8.37. The van der Waals surface area contributed by atoms with Crippen molar-refractivity contribution in [1.29, 1.82) is 10.5 Å². The van der Waals surface area contributed by atoms with Gasteiger partial charge in [-0.3, -0.25) is 4.72 Å². The lowest BCUT2D eigenvalue weighted by molar-refractivity contribution is 0.601. The molecular formula is C12H9N7O2S2. The molecule has 2 rings (SSSR count). The van der Waals surface area contributed by atoms with Crippen LogP contribution in [0.3, 0.4) is 0 Å². The van der Waals surface area contributed by atoms with Crippen LogP contribution in [0.1, 0.15) is 5.01 Å². The highest BCUT2D eigenvalue weighted by molar-refractivity contribution is 7.93. The number of aryl methyl sites for hydroxylation is 1. The standard InChI is InChI=1S/C12H9N7O2S2/c1-8-15-18-12(22-8)19-23(20,21)11-4-2-9(3-5-11)16-17-10(6-13)7-14/h2-5,10H,1H3,(H,18,19). The molecule has 1 N–H and O–H groups in total. The fraction of sp³-hybridized carbons (Fsp3) is 0.167. The number of rotatable bonds is 5. The van der Waals surface area contributed by atoms with E-state index in [-0.39, 0.29) is 10.0 Å². The maximum Gasteiger partial charge on any atom is 0.263 e. The van der Waals surface area contributed by atoms with Crippen LogP contribution in [0, 0.1) is 29.6 Å². The summed E-state index contributed by atoms with van der Waals surface area (Å²) >= 11 is 1.12. The third-order valence-electron chi connectivity index (χ3n) is 2.43. The predicted octanol–water partition coefficient (Wildman–Crippen LogP) is 2.15. The Morgan fingerprint density at radius 3 is 2.39 bits per heavy atom. The summed E-state index contributed by atoms with van der Waals surface area (Å²) in [6.07, 6.45) is 0. The van der Waals surface area contributed by atoms with E-state index in [9.17, 15) is 8.42 Å². The van der Waals surface area contributed by atoms with Gasteiger partial charge in [-0.1, -0.05) is 11.3 Å². The highest BCUT2D eigenvalue weighted by Gasteiger charge is 2.16. The van der Waals surface area contributed by atoms with E-state index in [1.54, 1.807) is 19.1 Å². The minimum Gasteiger partial charge on any atom is -0.253 e. The van der Waals surface area contributed by atoms with E-state index in [1.165, 1.54) is 24.3 Å². The average Bonchev–Trinajstić information content (AvgIpc) is 2.93. The minimum absolute atomic E-state index is 0.0152. The number of azo groups is 1. The van der Waals surface area contributed by atoms with Crippen LogP contribution in [0.25, 0.3) is 0 Å². The molecule has 0 aliphatic heterocycles. The molecule has 116 valence electrons. The zero-order chi connectivity index (χ0) is 16.9. The predicted molar refractivity (Wildman–Crippen MR) is 81.4 cm³/mol. The van der Waals surface area contributed by atoms with Crippen LogP contribution in [0.4, 0.5) is 10.8 Å². The van der Waals surface area contributed by atoms with Gasteiger partial charge in [0.25, 0.3) is 10.0 Å². The first-order valence-electron chi connectivity index (χ1n) is 6.07. The van der Waals surface area contributed by atoms with Crippen LogP contribution < -0.4 is 4.72 Å². The molecule has 0 aliphatic rings. The van der Waals surface area contributed by atoms with E-state index in [2.05, 4.69) is 25.1 Å². The van der Waals surface area contributed by atoms with Gasteiger partial charge < -0.3 is 0 Å². The topological polar surface area (TPSA) is 144 Å². The van der Waals surface area contributed by atoms with Crippen molar-refractivity contribution in [1.82, 2.24) is 10.2 Å². The number of nitrogens with one attached hydrogen (secondary N) is 1. The number of aromatic nitrogens is 2. The van der Waals surface area contributed by atoms with Crippen LogP contribution in [0.5, 0.6) is 0 Å². The fourth-order valence-corrected chi connectivity index (χ4v) is 3.23. The van der Waals surface area contributed by atoms with Gasteiger partial charge in [0.1, 0.15) is 17.1 Å². The molecule has 0 radical (unpaired) electrons.